The molecule has 1 aromatic rings. The fourth-order valence-corrected chi connectivity index (χ4v) is 2.95. The Kier molecular flexibility index (Phi) is 3.53. The summed E-state index contributed by atoms with van der Waals surface area (Å²) in [5.74, 6) is 0.501. The Bertz CT molecular complexity index is 698. The van der Waals surface area contributed by atoms with Gasteiger partial charge in [-0.1, -0.05) is 25.3 Å². The second kappa shape index (κ2) is 5.37. The Balaban J connectivity index is 1.85. The molecule has 0 atom stereocenters. The molecule has 114 valence electrons. The van der Waals surface area contributed by atoms with Crippen LogP contribution in [0.15, 0.2) is 71.9 Å². The minimum Gasteiger partial charge on any atom is -0.385 e. The van der Waals surface area contributed by atoms with Crippen molar-refractivity contribution in [2.45, 2.75) is 13.5 Å². The van der Waals surface area contributed by atoms with E-state index in [1.165, 1.54) is 12.1 Å². The van der Waals surface area contributed by atoms with Gasteiger partial charge in [-0.3, -0.25) is 0 Å². The standard InChI is InChI=1S/C18H20FN3/c1-12-10-17(20)22-9-8-21(14(3)18(22)13(12)2)11-15-4-6-16(19)7-5-15/h4-7,10H,1,3,8-9,11,20H2,2H3. The van der Waals surface area contributed by atoms with Crippen LogP contribution in [0.1, 0.15) is 12.5 Å². The molecule has 0 aliphatic carbocycles. The van der Waals surface area contributed by atoms with Crippen molar-refractivity contribution in [1.29, 1.82) is 0 Å². The van der Waals surface area contributed by atoms with Gasteiger partial charge in [0, 0.05) is 19.6 Å². The highest BCUT2D eigenvalue weighted by Gasteiger charge is 2.30. The monoisotopic (exact) mass is 297 g/mol. The number of hydrogen-bond acceptors (Lipinski definition) is 3. The molecule has 1 fully saturated rings. The zero-order valence-electron chi connectivity index (χ0n) is 12.8. The van der Waals surface area contributed by atoms with Crippen molar-refractivity contribution in [2.24, 2.45) is 5.73 Å². The third-order valence-electron chi connectivity index (χ3n) is 4.28. The Hall–Kier alpha value is -2.49. The molecule has 0 amide bonds. The summed E-state index contributed by atoms with van der Waals surface area (Å²) in [6, 6.07) is 6.60. The lowest BCUT2D eigenvalue weighted by Crippen LogP contribution is -2.45. The molecule has 3 rings (SSSR count). The summed E-state index contributed by atoms with van der Waals surface area (Å²) in [7, 11) is 0. The largest absolute Gasteiger partial charge is 0.385 e. The van der Waals surface area contributed by atoms with Gasteiger partial charge in [0.1, 0.15) is 11.6 Å². The molecule has 1 saturated heterocycles. The molecule has 22 heavy (non-hydrogen) atoms. The molecule has 1 aromatic carbocycles. The lowest BCUT2D eigenvalue weighted by molar-refractivity contribution is 0.238. The quantitative estimate of drug-likeness (QED) is 0.910. The van der Waals surface area contributed by atoms with Crippen molar-refractivity contribution >= 4 is 0 Å². The lowest BCUT2D eigenvalue weighted by Gasteiger charge is -2.43. The van der Waals surface area contributed by atoms with E-state index in [2.05, 4.69) is 23.0 Å². The maximum atomic E-state index is 13.0. The topological polar surface area (TPSA) is 32.5 Å². The Morgan fingerprint density at radius 3 is 2.55 bits per heavy atom. The van der Waals surface area contributed by atoms with E-state index in [9.17, 15) is 4.39 Å². The Labute approximate surface area is 130 Å². The van der Waals surface area contributed by atoms with Crippen LogP contribution in [0.2, 0.25) is 0 Å². The number of hydrogen-bond donors (Lipinski definition) is 1. The van der Waals surface area contributed by atoms with Crippen LogP contribution < -0.4 is 5.73 Å². The summed E-state index contributed by atoms with van der Waals surface area (Å²) in [6.07, 6.45) is 1.90. The second-order valence-corrected chi connectivity index (χ2v) is 5.71. The molecule has 0 bridgehead atoms. The van der Waals surface area contributed by atoms with E-state index in [4.69, 9.17) is 5.73 Å². The maximum Gasteiger partial charge on any atom is 0.123 e. The number of halogens is 1. The molecular formula is C18H20FN3. The van der Waals surface area contributed by atoms with Gasteiger partial charge in [0.25, 0.3) is 0 Å². The van der Waals surface area contributed by atoms with Crippen LogP contribution in [0.4, 0.5) is 4.39 Å². The minimum absolute atomic E-state index is 0.215. The van der Waals surface area contributed by atoms with Crippen LogP contribution in [-0.2, 0) is 6.54 Å². The summed E-state index contributed by atoms with van der Waals surface area (Å²) in [6.45, 7) is 12.7. The molecule has 2 aliphatic heterocycles. The van der Waals surface area contributed by atoms with Gasteiger partial charge >= 0.3 is 0 Å². The van der Waals surface area contributed by atoms with E-state index in [1.54, 1.807) is 0 Å². The zero-order valence-corrected chi connectivity index (χ0v) is 12.8. The van der Waals surface area contributed by atoms with Crippen molar-refractivity contribution < 1.29 is 4.39 Å². The molecule has 0 radical (unpaired) electrons. The number of nitrogens with zero attached hydrogens (tertiary/aromatic N) is 2. The number of allylic oxidation sites excluding steroid dienone is 3. The number of nitrogens with two attached hydrogens (primary N) is 1. The number of rotatable bonds is 2. The Morgan fingerprint density at radius 2 is 1.86 bits per heavy atom. The zero-order chi connectivity index (χ0) is 15.9. The molecule has 0 saturated carbocycles. The van der Waals surface area contributed by atoms with Crippen LogP contribution in [0.25, 0.3) is 0 Å². The van der Waals surface area contributed by atoms with Crippen molar-refractivity contribution in [2.75, 3.05) is 13.1 Å². The van der Waals surface area contributed by atoms with Crippen molar-refractivity contribution in [3.05, 3.63) is 83.2 Å². The first-order valence-corrected chi connectivity index (χ1v) is 7.31. The average molecular weight is 297 g/mol. The molecule has 0 aromatic heterocycles. The van der Waals surface area contributed by atoms with Crippen molar-refractivity contribution in [3.63, 3.8) is 0 Å². The van der Waals surface area contributed by atoms with E-state index in [0.717, 1.165) is 41.2 Å². The number of piperazine rings is 1. The van der Waals surface area contributed by atoms with E-state index < -0.39 is 0 Å². The fraction of sp³-hybridized carbons (Fsp3) is 0.222. The normalized spacial score (nSPS) is 18.5. The van der Waals surface area contributed by atoms with Gasteiger partial charge in [-0.2, -0.15) is 0 Å². The van der Waals surface area contributed by atoms with Crippen molar-refractivity contribution in [1.82, 2.24) is 9.80 Å². The summed E-state index contributed by atoms with van der Waals surface area (Å²) < 4.78 is 13.0. The van der Waals surface area contributed by atoms with Gasteiger partial charge in [-0.05, 0) is 41.8 Å². The molecule has 2 heterocycles. The van der Waals surface area contributed by atoms with E-state index in [1.807, 2.05) is 25.1 Å². The minimum atomic E-state index is -0.215. The van der Waals surface area contributed by atoms with Gasteiger partial charge in [-0.25, -0.2) is 4.39 Å². The van der Waals surface area contributed by atoms with Crippen LogP contribution in [0.5, 0.6) is 0 Å². The highest BCUT2D eigenvalue weighted by atomic mass is 19.1. The summed E-state index contributed by atoms with van der Waals surface area (Å²) in [5.41, 5.74) is 11.2. The van der Waals surface area contributed by atoms with Crippen LogP contribution in [0.3, 0.4) is 0 Å². The van der Waals surface area contributed by atoms with Gasteiger partial charge in [-0.15, -0.1) is 0 Å². The van der Waals surface area contributed by atoms with Gasteiger partial charge in [0.15, 0.2) is 0 Å². The van der Waals surface area contributed by atoms with Gasteiger partial charge in [0.05, 0.1) is 11.4 Å². The van der Waals surface area contributed by atoms with Gasteiger partial charge in [0.2, 0.25) is 0 Å². The highest BCUT2D eigenvalue weighted by Crippen LogP contribution is 2.35. The first-order valence-electron chi connectivity index (χ1n) is 7.31. The molecule has 3 nitrogen and oxygen atoms in total. The first kappa shape index (κ1) is 14.4. The smallest absolute Gasteiger partial charge is 0.123 e. The van der Waals surface area contributed by atoms with E-state index >= 15 is 0 Å². The number of fused-ring (bicyclic) bond motifs is 1. The lowest BCUT2D eigenvalue weighted by atomic mass is 9.98. The molecule has 0 unspecified atom stereocenters. The Morgan fingerprint density at radius 1 is 1.18 bits per heavy atom. The second-order valence-electron chi connectivity index (χ2n) is 5.71. The third-order valence-corrected chi connectivity index (χ3v) is 4.28. The van der Waals surface area contributed by atoms with Crippen LogP contribution in [-0.4, -0.2) is 22.9 Å². The predicted molar refractivity (Wildman–Crippen MR) is 86.8 cm³/mol. The van der Waals surface area contributed by atoms with Crippen LogP contribution in [0, 0.1) is 5.82 Å². The van der Waals surface area contributed by atoms with E-state index in [-0.39, 0.29) is 5.82 Å². The van der Waals surface area contributed by atoms with Crippen LogP contribution >= 0.6 is 0 Å². The number of benzene rings is 1. The van der Waals surface area contributed by atoms with Gasteiger partial charge < -0.3 is 15.5 Å². The van der Waals surface area contributed by atoms with E-state index in [0.29, 0.717) is 12.4 Å². The molecular weight excluding hydrogens is 277 g/mol. The SMILES string of the molecule is C=C1C=C(N)N2CCN(Cc3ccc(F)cc3)C(=C)C2=C1C. The fourth-order valence-electron chi connectivity index (χ4n) is 2.95. The predicted octanol–water partition coefficient (Wildman–Crippen LogP) is 3.10. The average Bonchev–Trinajstić information content (AvgIpc) is 2.49. The summed E-state index contributed by atoms with van der Waals surface area (Å²) in [5, 5.41) is 0. The highest BCUT2D eigenvalue weighted by molar-refractivity contribution is 5.51. The first-order chi connectivity index (χ1) is 10.5. The maximum absolute atomic E-state index is 13.0. The molecule has 0 spiro atoms. The van der Waals surface area contributed by atoms with Crippen molar-refractivity contribution in [3.8, 4) is 0 Å². The molecule has 4 heteroatoms. The molecule has 2 aliphatic rings. The third kappa shape index (κ3) is 2.41. The summed E-state index contributed by atoms with van der Waals surface area (Å²) >= 11 is 0. The summed E-state index contributed by atoms with van der Waals surface area (Å²) in [4.78, 5) is 4.29. The molecule has 2 N–H and O–H groups in total.